The van der Waals surface area contributed by atoms with Crippen molar-refractivity contribution in [1.82, 2.24) is 15.3 Å². The molecule has 4 aliphatic rings. The van der Waals surface area contributed by atoms with Crippen LogP contribution in [0.3, 0.4) is 0 Å². The Labute approximate surface area is 213 Å². The predicted molar refractivity (Wildman–Crippen MR) is 136 cm³/mol. The second-order valence-corrected chi connectivity index (χ2v) is 11.9. The maximum Gasteiger partial charge on any atom is 0.260 e. The molecule has 0 aliphatic heterocycles. The normalized spacial score (nSPS) is 38.5. The number of hydrogen-bond donors (Lipinski definition) is 3. The Hall–Kier alpha value is -2.48. The van der Waals surface area contributed by atoms with E-state index in [0.717, 1.165) is 56.4 Å². The van der Waals surface area contributed by atoms with Crippen LogP contribution in [0.2, 0.25) is 0 Å². The van der Waals surface area contributed by atoms with Crippen LogP contribution in [-0.4, -0.2) is 51.2 Å². The fraction of sp³-hybridized carbons (Fsp3) is 0.714. The molecular weight excluding hydrogens is 456 g/mol. The van der Waals surface area contributed by atoms with Gasteiger partial charge in [-0.25, -0.2) is 4.98 Å². The second-order valence-electron chi connectivity index (χ2n) is 11.9. The number of carbonyl (C=O) groups excluding carboxylic acids is 2. The highest BCUT2D eigenvalue weighted by Crippen LogP contribution is 2.67. The first kappa shape index (κ1) is 25.2. The van der Waals surface area contributed by atoms with Gasteiger partial charge in [-0.2, -0.15) is 0 Å². The van der Waals surface area contributed by atoms with Gasteiger partial charge in [-0.15, -0.1) is 0 Å². The maximum atomic E-state index is 12.4. The number of nitrogens with zero attached hydrogens (tertiary/aromatic N) is 2. The molecule has 0 bridgehead atoms. The quantitative estimate of drug-likeness (QED) is 0.498. The summed E-state index contributed by atoms with van der Waals surface area (Å²) in [6, 6.07) is 0. The molecule has 6 atom stereocenters. The summed E-state index contributed by atoms with van der Waals surface area (Å²) in [6.45, 7) is 6.59. The summed E-state index contributed by atoms with van der Waals surface area (Å²) < 4.78 is 0. The third-order valence-corrected chi connectivity index (χ3v) is 10.4. The number of Topliss-reactive ketones (excluding diaryl/α,β-unsaturated/α-hetero) is 1. The minimum Gasteiger partial charge on any atom is -0.385 e. The number of aromatic amines is 1. The average molecular weight is 497 g/mol. The molecular formula is C28H40N4O4. The Bertz CT molecular complexity index is 1070. The molecule has 1 aromatic heterocycles. The molecule has 0 spiro atoms. The predicted octanol–water partition coefficient (Wildman–Crippen LogP) is 3.72. The minimum atomic E-state index is -1.16. The van der Waals surface area contributed by atoms with Gasteiger partial charge < -0.3 is 20.2 Å². The van der Waals surface area contributed by atoms with Crippen molar-refractivity contribution in [3.8, 4) is 0 Å². The van der Waals surface area contributed by atoms with Crippen LogP contribution in [0.15, 0.2) is 29.3 Å². The summed E-state index contributed by atoms with van der Waals surface area (Å²) in [5, 5.41) is 18.5. The number of nitrogens with one attached hydrogen (secondary N) is 2. The number of carbonyl (C=O) groups is 2. The van der Waals surface area contributed by atoms with Gasteiger partial charge in [-0.3, -0.25) is 9.59 Å². The van der Waals surface area contributed by atoms with E-state index in [2.05, 4.69) is 40.4 Å². The van der Waals surface area contributed by atoms with Crippen molar-refractivity contribution in [2.75, 3.05) is 13.2 Å². The molecule has 1 amide bonds. The molecule has 1 aromatic rings. The summed E-state index contributed by atoms with van der Waals surface area (Å²) in [5.41, 5.74) is 2.02. The Morgan fingerprint density at radius 1 is 1.19 bits per heavy atom. The lowest BCUT2D eigenvalue weighted by molar-refractivity contribution is -0.159. The first-order valence-corrected chi connectivity index (χ1v) is 13.5. The van der Waals surface area contributed by atoms with Crippen molar-refractivity contribution < 1.29 is 19.5 Å². The Balaban J connectivity index is 1.19. The third kappa shape index (κ3) is 4.11. The molecule has 36 heavy (non-hydrogen) atoms. The number of amides is 1. The van der Waals surface area contributed by atoms with E-state index in [1.807, 2.05) is 0 Å². The zero-order chi connectivity index (χ0) is 25.6. The fourth-order valence-corrected chi connectivity index (χ4v) is 8.22. The molecule has 196 valence electrons. The number of imidazole rings is 1. The summed E-state index contributed by atoms with van der Waals surface area (Å²) >= 11 is 0. The van der Waals surface area contributed by atoms with Gasteiger partial charge >= 0.3 is 0 Å². The molecule has 0 radical (unpaired) electrons. The van der Waals surface area contributed by atoms with Gasteiger partial charge in [0.05, 0.1) is 12.0 Å². The summed E-state index contributed by atoms with van der Waals surface area (Å²) in [4.78, 5) is 36.9. The van der Waals surface area contributed by atoms with E-state index in [-0.39, 0.29) is 29.1 Å². The zero-order valence-electron chi connectivity index (χ0n) is 21.8. The van der Waals surface area contributed by atoms with Gasteiger partial charge in [0.2, 0.25) is 0 Å². The lowest BCUT2D eigenvalue weighted by atomic mass is 9.46. The van der Waals surface area contributed by atoms with Gasteiger partial charge in [0.1, 0.15) is 5.60 Å². The number of hydrogen-bond acceptors (Lipinski definition) is 6. The summed E-state index contributed by atoms with van der Waals surface area (Å²) in [7, 11) is 0. The van der Waals surface area contributed by atoms with Crippen molar-refractivity contribution in [3.63, 3.8) is 0 Å². The van der Waals surface area contributed by atoms with Gasteiger partial charge in [0.25, 0.3) is 5.91 Å². The number of allylic oxidation sites excluding steroid dienone is 2. The molecule has 1 heterocycles. The van der Waals surface area contributed by atoms with Crippen LogP contribution in [0, 0.1) is 28.6 Å². The van der Waals surface area contributed by atoms with Crippen LogP contribution in [0.5, 0.6) is 0 Å². The number of oxime groups is 1. The van der Waals surface area contributed by atoms with Gasteiger partial charge in [-0.1, -0.05) is 24.6 Å². The summed E-state index contributed by atoms with van der Waals surface area (Å²) in [5.74, 6) is 1.31. The lowest BCUT2D eigenvalue weighted by Gasteiger charge is -2.59. The lowest BCUT2D eigenvalue weighted by Crippen LogP contribution is -2.57. The number of aromatic nitrogens is 2. The molecule has 8 heteroatoms. The van der Waals surface area contributed by atoms with E-state index < -0.39 is 5.60 Å². The number of fused-ring (bicyclic) bond motifs is 5. The minimum absolute atomic E-state index is 0.0569. The highest BCUT2D eigenvalue weighted by molar-refractivity contribution is 5.96. The second kappa shape index (κ2) is 9.43. The molecule has 0 aromatic carbocycles. The largest absolute Gasteiger partial charge is 0.385 e. The molecule has 3 saturated carbocycles. The maximum absolute atomic E-state index is 12.4. The SMILES string of the molecule is CC(=O)[C@@]1(O)CCC2C3CCC4=CC(=NOCC(=O)NCCc5cnc[nH]5)CC[C@]4(C)C3CC[C@@]21C. The summed E-state index contributed by atoms with van der Waals surface area (Å²) in [6.07, 6.45) is 13.8. The van der Waals surface area contributed by atoms with Gasteiger partial charge in [0.15, 0.2) is 12.4 Å². The van der Waals surface area contributed by atoms with Crippen LogP contribution in [-0.2, 0) is 20.8 Å². The van der Waals surface area contributed by atoms with Gasteiger partial charge in [-0.05, 0) is 87.5 Å². The molecule has 4 aliphatic carbocycles. The molecule has 8 nitrogen and oxygen atoms in total. The van der Waals surface area contributed by atoms with Crippen LogP contribution in [0.4, 0.5) is 0 Å². The van der Waals surface area contributed by atoms with E-state index in [0.29, 0.717) is 37.1 Å². The Morgan fingerprint density at radius 3 is 2.75 bits per heavy atom. The number of aliphatic hydroxyl groups is 1. The van der Waals surface area contributed by atoms with Crippen molar-refractivity contribution in [3.05, 3.63) is 29.9 Å². The highest BCUT2D eigenvalue weighted by atomic mass is 16.6. The molecule has 3 fully saturated rings. The van der Waals surface area contributed by atoms with E-state index in [1.165, 1.54) is 5.57 Å². The highest BCUT2D eigenvalue weighted by Gasteiger charge is 2.65. The molecule has 0 saturated heterocycles. The van der Waals surface area contributed by atoms with E-state index in [1.54, 1.807) is 19.4 Å². The van der Waals surface area contributed by atoms with Gasteiger partial charge in [0, 0.05) is 30.3 Å². The topological polar surface area (TPSA) is 117 Å². The zero-order valence-corrected chi connectivity index (χ0v) is 21.8. The third-order valence-electron chi connectivity index (χ3n) is 10.4. The van der Waals surface area contributed by atoms with Crippen LogP contribution >= 0.6 is 0 Å². The van der Waals surface area contributed by atoms with Crippen molar-refractivity contribution in [2.24, 2.45) is 33.7 Å². The first-order chi connectivity index (χ1) is 17.2. The van der Waals surface area contributed by atoms with Crippen LogP contribution in [0.1, 0.15) is 77.8 Å². The van der Waals surface area contributed by atoms with E-state index in [4.69, 9.17) is 4.84 Å². The monoisotopic (exact) mass is 496 g/mol. The van der Waals surface area contributed by atoms with E-state index in [9.17, 15) is 14.7 Å². The smallest absolute Gasteiger partial charge is 0.260 e. The molecule has 3 unspecified atom stereocenters. The molecule has 5 rings (SSSR count). The van der Waals surface area contributed by atoms with Crippen LogP contribution < -0.4 is 5.32 Å². The number of rotatable bonds is 7. The standard InChI is InChI=1S/C28H40N4O4/c1-18(33)28(35)12-8-24-22-5-4-19-14-20(6-10-26(19,2)23(22)7-11-27(24,28)3)32-36-16-25(34)30-13-9-21-15-29-17-31-21/h14-15,17,22-24,35H,4-13,16H2,1-3H3,(H,29,31)(H,30,34)/t22?,23?,24?,26-,27-,28-/m0/s1. The average Bonchev–Trinajstić information content (AvgIpc) is 3.46. The number of H-pyrrole nitrogens is 1. The van der Waals surface area contributed by atoms with Crippen molar-refractivity contribution >= 4 is 17.4 Å². The number of ketones is 1. The van der Waals surface area contributed by atoms with E-state index >= 15 is 0 Å². The van der Waals surface area contributed by atoms with Crippen molar-refractivity contribution in [1.29, 1.82) is 0 Å². The Morgan fingerprint density at radius 2 is 2.00 bits per heavy atom. The first-order valence-electron chi connectivity index (χ1n) is 13.5. The van der Waals surface area contributed by atoms with Crippen molar-refractivity contribution in [2.45, 2.75) is 84.2 Å². The van der Waals surface area contributed by atoms with Crippen LogP contribution in [0.25, 0.3) is 0 Å². The fourth-order valence-electron chi connectivity index (χ4n) is 8.22. The Kier molecular flexibility index (Phi) is 6.60. The molecule has 3 N–H and O–H groups in total.